The van der Waals surface area contributed by atoms with Crippen molar-refractivity contribution in [2.24, 2.45) is 0 Å². The Balaban J connectivity index is 2.21. The third-order valence-corrected chi connectivity index (χ3v) is 3.12. The maximum atomic E-state index is 8.81. The van der Waals surface area contributed by atoms with Gasteiger partial charge in [-0.3, -0.25) is 0 Å². The van der Waals surface area contributed by atoms with Gasteiger partial charge >= 0.3 is 0 Å². The molecule has 96 valence electrons. The lowest BCUT2D eigenvalue weighted by Crippen LogP contribution is -1.90. The Morgan fingerprint density at radius 3 is 2.74 bits per heavy atom. The van der Waals surface area contributed by atoms with Gasteiger partial charge in [0.1, 0.15) is 11.5 Å². The Bertz CT molecular complexity index is 620. The Hall–Kier alpha value is -1.83. The SMILES string of the molecule is COCc1cccc(Oc2ccc(C#N)cc2Br)c1. The summed E-state index contributed by atoms with van der Waals surface area (Å²) in [5, 5.41) is 8.81. The fraction of sp³-hybridized carbons (Fsp3) is 0.133. The van der Waals surface area contributed by atoms with Gasteiger partial charge in [0, 0.05) is 7.11 Å². The summed E-state index contributed by atoms with van der Waals surface area (Å²) in [6.45, 7) is 0.547. The molecule has 0 aliphatic rings. The molecule has 0 heterocycles. The molecule has 0 aliphatic carbocycles. The van der Waals surface area contributed by atoms with Gasteiger partial charge in [0.2, 0.25) is 0 Å². The number of hydrogen-bond acceptors (Lipinski definition) is 3. The van der Waals surface area contributed by atoms with E-state index in [9.17, 15) is 0 Å². The van der Waals surface area contributed by atoms with E-state index < -0.39 is 0 Å². The van der Waals surface area contributed by atoms with E-state index in [1.165, 1.54) is 0 Å². The van der Waals surface area contributed by atoms with Crippen LogP contribution in [0.3, 0.4) is 0 Å². The number of ether oxygens (including phenoxy) is 2. The minimum absolute atomic E-state index is 0.547. The predicted octanol–water partition coefficient (Wildman–Crippen LogP) is 4.26. The highest BCUT2D eigenvalue weighted by molar-refractivity contribution is 9.10. The first-order valence-corrected chi connectivity index (χ1v) is 6.47. The Kier molecular flexibility index (Phi) is 4.56. The molecule has 19 heavy (non-hydrogen) atoms. The fourth-order valence-corrected chi connectivity index (χ4v) is 2.11. The summed E-state index contributed by atoms with van der Waals surface area (Å²) in [5.74, 6) is 1.41. The van der Waals surface area contributed by atoms with Crippen molar-refractivity contribution in [2.75, 3.05) is 7.11 Å². The minimum atomic E-state index is 0.547. The second kappa shape index (κ2) is 6.37. The normalized spacial score (nSPS) is 9.95. The van der Waals surface area contributed by atoms with Gasteiger partial charge in [0.05, 0.1) is 22.7 Å². The highest BCUT2D eigenvalue weighted by Gasteiger charge is 2.04. The molecule has 2 rings (SSSR count). The molecule has 0 saturated carbocycles. The number of rotatable bonds is 4. The molecule has 0 aliphatic heterocycles. The van der Waals surface area contributed by atoms with E-state index in [1.54, 1.807) is 25.3 Å². The maximum Gasteiger partial charge on any atom is 0.141 e. The van der Waals surface area contributed by atoms with Crippen molar-refractivity contribution in [3.63, 3.8) is 0 Å². The second-order valence-electron chi connectivity index (χ2n) is 3.94. The second-order valence-corrected chi connectivity index (χ2v) is 4.79. The van der Waals surface area contributed by atoms with Crippen LogP contribution in [0.1, 0.15) is 11.1 Å². The van der Waals surface area contributed by atoms with Crippen molar-refractivity contribution in [2.45, 2.75) is 6.61 Å². The number of benzene rings is 2. The molecule has 4 heteroatoms. The van der Waals surface area contributed by atoms with Crippen molar-refractivity contribution in [1.29, 1.82) is 5.26 Å². The van der Waals surface area contributed by atoms with Crippen molar-refractivity contribution >= 4 is 15.9 Å². The smallest absolute Gasteiger partial charge is 0.141 e. The summed E-state index contributed by atoms with van der Waals surface area (Å²) in [6, 6.07) is 15.0. The molecular formula is C15H12BrNO2. The van der Waals surface area contributed by atoms with E-state index in [1.807, 2.05) is 24.3 Å². The van der Waals surface area contributed by atoms with Gasteiger partial charge in [-0.15, -0.1) is 0 Å². The Morgan fingerprint density at radius 1 is 1.21 bits per heavy atom. The van der Waals surface area contributed by atoms with E-state index in [4.69, 9.17) is 14.7 Å². The summed E-state index contributed by atoms with van der Waals surface area (Å²) in [4.78, 5) is 0. The van der Waals surface area contributed by atoms with Crippen molar-refractivity contribution in [3.05, 3.63) is 58.1 Å². The highest BCUT2D eigenvalue weighted by Crippen LogP contribution is 2.30. The first kappa shape index (κ1) is 13.6. The van der Waals surface area contributed by atoms with Gasteiger partial charge in [-0.05, 0) is 51.8 Å². The standard InChI is InChI=1S/C15H12BrNO2/c1-18-10-12-3-2-4-13(7-12)19-15-6-5-11(9-17)8-14(15)16/h2-8H,10H2,1H3. The molecule has 0 bridgehead atoms. The van der Waals surface area contributed by atoms with Crippen LogP contribution in [0, 0.1) is 11.3 Å². The molecule has 0 radical (unpaired) electrons. The molecule has 0 atom stereocenters. The first-order chi connectivity index (χ1) is 9.22. The molecular weight excluding hydrogens is 306 g/mol. The Morgan fingerprint density at radius 2 is 2.05 bits per heavy atom. The molecule has 0 saturated heterocycles. The number of hydrogen-bond donors (Lipinski definition) is 0. The number of nitriles is 1. The molecule has 0 unspecified atom stereocenters. The van der Waals surface area contributed by atoms with E-state index >= 15 is 0 Å². The highest BCUT2D eigenvalue weighted by atomic mass is 79.9. The third kappa shape index (κ3) is 3.57. The van der Waals surface area contributed by atoms with Crippen LogP contribution in [0.2, 0.25) is 0 Å². The van der Waals surface area contributed by atoms with Crippen molar-refractivity contribution in [1.82, 2.24) is 0 Å². The van der Waals surface area contributed by atoms with Gasteiger partial charge in [-0.1, -0.05) is 12.1 Å². The lowest BCUT2D eigenvalue weighted by Gasteiger charge is -2.09. The molecule has 0 N–H and O–H groups in total. The zero-order valence-corrected chi connectivity index (χ0v) is 12.0. The van der Waals surface area contributed by atoms with Crippen LogP contribution in [-0.2, 0) is 11.3 Å². The largest absolute Gasteiger partial charge is 0.456 e. The number of methoxy groups -OCH3 is 1. The molecule has 0 spiro atoms. The third-order valence-electron chi connectivity index (χ3n) is 2.50. The topological polar surface area (TPSA) is 42.2 Å². The molecule has 2 aromatic rings. The zero-order valence-electron chi connectivity index (χ0n) is 10.4. The summed E-state index contributed by atoms with van der Waals surface area (Å²) in [5.41, 5.74) is 1.64. The van der Waals surface area contributed by atoms with Gasteiger partial charge in [0.25, 0.3) is 0 Å². The first-order valence-electron chi connectivity index (χ1n) is 5.68. The van der Waals surface area contributed by atoms with Crippen LogP contribution >= 0.6 is 15.9 Å². The van der Waals surface area contributed by atoms with Crippen LogP contribution in [0.5, 0.6) is 11.5 Å². The van der Waals surface area contributed by atoms with Crippen LogP contribution in [-0.4, -0.2) is 7.11 Å². The van der Waals surface area contributed by atoms with Crippen LogP contribution in [0.15, 0.2) is 46.9 Å². The van der Waals surface area contributed by atoms with Crippen LogP contribution in [0.4, 0.5) is 0 Å². The Labute approximate surface area is 120 Å². The molecule has 2 aromatic carbocycles. The van der Waals surface area contributed by atoms with Gasteiger partial charge in [-0.25, -0.2) is 0 Å². The average molecular weight is 318 g/mol. The lowest BCUT2D eigenvalue weighted by atomic mass is 10.2. The van der Waals surface area contributed by atoms with Crippen LogP contribution < -0.4 is 4.74 Å². The summed E-state index contributed by atoms with van der Waals surface area (Å²) < 4.78 is 11.6. The van der Waals surface area contributed by atoms with Gasteiger partial charge < -0.3 is 9.47 Å². The van der Waals surface area contributed by atoms with Crippen LogP contribution in [0.25, 0.3) is 0 Å². The monoisotopic (exact) mass is 317 g/mol. The summed E-state index contributed by atoms with van der Waals surface area (Å²) >= 11 is 3.39. The van der Waals surface area contributed by atoms with E-state index in [0.717, 1.165) is 15.8 Å². The molecule has 0 fully saturated rings. The quantitative estimate of drug-likeness (QED) is 0.846. The predicted molar refractivity (Wildman–Crippen MR) is 76.1 cm³/mol. The number of nitrogens with zero attached hydrogens (tertiary/aromatic N) is 1. The van der Waals surface area contributed by atoms with E-state index in [2.05, 4.69) is 22.0 Å². The fourth-order valence-electron chi connectivity index (χ4n) is 1.65. The maximum absolute atomic E-state index is 8.81. The van der Waals surface area contributed by atoms with E-state index in [0.29, 0.717) is 17.9 Å². The molecule has 0 aromatic heterocycles. The van der Waals surface area contributed by atoms with E-state index in [-0.39, 0.29) is 0 Å². The molecule has 3 nitrogen and oxygen atoms in total. The van der Waals surface area contributed by atoms with Crippen molar-refractivity contribution < 1.29 is 9.47 Å². The van der Waals surface area contributed by atoms with Gasteiger partial charge in [-0.2, -0.15) is 5.26 Å². The number of halogens is 1. The summed E-state index contributed by atoms with van der Waals surface area (Å²) in [7, 11) is 1.66. The minimum Gasteiger partial charge on any atom is -0.456 e. The lowest BCUT2D eigenvalue weighted by molar-refractivity contribution is 0.184. The van der Waals surface area contributed by atoms with Crippen molar-refractivity contribution in [3.8, 4) is 17.6 Å². The molecule has 0 amide bonds. The zero-order chi connectivity index (χ0) is 13.7. The average Bonchev–Trinajstić information content (AvgIpc) is 2.42. The van der Waals surface area contributed by atoms with Gasteiger partial charge in [0.15, 0.2) is 0 Å². The summed E-state index contributed by atoms with van der Waals surface area (Å²) in [6.07, 6.45) is 0.